The monoisotopic (exact) mass is 262 g/mol. The summed E-state index contributed by atoms with van der Waals surface area (Å²) in [6.07, 6.45) is 0. The zero-order chi connectivity index (χ0) is 14.3. The Kier molecular flexibility index (Phi) is 3.18. The van der Waals surface area contributed by atoms with Crippen molar-refractivity contribution in [1.82, 2.24) is 19.7 Å². The molecule has 0 aliphatic carbocycles. The average molecular weight is 262 g/mol. The minimum absolute atomic E-state index is 0.0820. The Bertz CT molecular complexity index is 683. The molecule has 6 nitrogen and oxygen atoms in total. The zero-order valence-electron chi connectivity index (χ0n) is 11.8. The Morgan fingerprint density at radius 1 is 1.32 bits per heavy atom. The van der Waals surface area contributed by atoms with Crippen LogP contribution in [0.4, 0.5) is 0 Å². The van der Waals surface area contributed by atoms with Gasteiger partial charge >= 0.3 is 0 Å². The van der Waals surface area contributed by atoms with E-state index in [9.17, 15) is 9.90 Å². The fourth-order valence-corrected chi connectivity index (χ4v) is 2.23. The lowest BCUT2D eigenvalue weighted by Gasteiger charge is -2.08. The molecule has 0 aliphatic rings. The SMILES string of the molecule is Cc1nn(C)c(C)c1-c1nc(O)c(C(C)C)c(=O)[nH]1. The predicted octanol–water partition coefficient (Wildman–Crippen LogP) is 1.62. The highest BCUT2D eigenvalue weighted by molar-refractivity contribution is 5.61. The third kappa shape index (κ3) is 2.14. The Balaban J connectivity index is 2.69. The molecule has 6 heteroatoms. The third-order valence-corrected chi connectivity index (χ3v) is 3.26. The van der Waals surface area contributed by atoms with E-state index in [0.29, 0.717) is 11.4 Å². The molecule has 2 aromatic rings. The van der Waals surface area contributed by atoms with Gasteiger partial charge in [-0.05, 0) is 19.8 Å². The number of rotatable bonds is 2. The predicted molar refractivity (Wildman–Crippen MR) is 72.3 cm³/mol. The number of hydrogen-bond acceptors (Lipinski definition) is 4. The van der Waals surface area contributed by atoms with Crippen molar-refractivity contribution in [2.45, 2.75) is 33.6 Å². The van der Waals surface area contributed by atoms with Gasteiger partial charge in [0.1, 0.15) is 5.82 Å². The third-order valence-electron chi connectivity index (χ3n) is 3.26. The summed E-state index contributed by atoms with van der Waals surface area (Å²) in [6.45, 7) is 7.41. The molecule has 0 aliphatic heterocycles. The second-order valence-corrected chi connectivity index (χ2v) is 4.98. The molecule has 102 valence electrons. The molecule has 0 atom stereocenters. The second-order valence-electron chi connectivity index (χ2n) is 4.98. The van der Waals surface area contributed by atoms with Crippen LogP contribution in [0.25, 0.3) is 11.4 Å². The highest BCUT2D eigenvalue weighted by Crippen LogP contribution is 2.26. The van der Waals surface area contributed by atoms with Crippen LogP contribution in [0.1, 0.15) is 36.7 Å². The van der Waals surface area contributed by atoms with Gasteiger partial charge in [0.05, 0.1) is 16.8 Å². The highest BCUT2D eigenvalue weighted by Gasteiger charge is 2.19. The standard InChI is InChI=1S/C13H18N4O2/c1-6(2)9-12(18)14-11(15-13(9)19)10-7(3)16-17(5)8(10)4/h6H,1-5H3,(H2,14,15,18,19). The first kappa shape index (κ1) is 13.3. The van der Waals surface area contributed by atoms with E-state index in [2.05, 4.69) is 15.1 Å². The average Bonchev–Trinajstić information content (AvgIpc) is 2.51. The minimum atomic E-state index is -0.305. The highest BCUT2D eigenvalue weighted by atomic mass is 16.3. The van der Waals surface area contributed by atoms with Crippen LogP contribution in [-0.2, 0) is 7.05 Å². The Morgan fingerprint density at radius 3 is 2.37 bits per heavy atom. The summed E-state index contributed by atoms with van der Waals surface area (Å²) in [5.74, 6) is 0.0628. The van der Waals surface area contributed by atoms with Crippen molar-refractivity contribution in [2.75, 3.05) is 0 Å². The van der Waals surface area contributed by atoms with Crippen LogP contribution < -0.4 is 5.56 Å². The molecule has 0 saturated carbocycles. The second kappa shape index (κ2) is 4.53. The van der Waals surface area contributed by atoms with Gasteiger partial charge in [0, 0.05) is 12.7 Å². The first-order chi connectivity index (χ1) is 8.82. The van der Waals surface area contributed by atoms with Crippen LogP contribution in [0.2, 0.25) is 0 Å². The van der Waals surface area contributed by atoms with Crippen LogP contribution in [-0.4, -0.2) is 24.9 Å². The largest absolute Gasteiger partial charge is 0.493 e. The molecule has 2 N–H and O–H groups in total. The van der Waals surface area contributed by atoms with Gasteiger partial charge in [-0.2, -0.15) is 10.1 Å². The van der Waals surface area contributed by atoms with E-state index in [0.717, 1.165) is 17.0 Å². The summed E-state index contributed by atoms with van der Waals surface area (Å²) in [7, 11) is 1.83. The lowest BCUT2D eigenvalue weighted by atomic mass is 10.1. The number of nitrogens with one attached hydrogen (secondary N) is 1. The molecular weight excluding hydrogens is 244 g/mol. The number of aromatic nitrogens is 4. The van der Waals surface area contributed by atoms with E-state index in [4.69, 9.17) is 0 Å². The van der Waals surface area contributed by atoms with Crippen molar-refractivity contribution < 1.29 is 5.11 Å². The molecule has 0 saturated heterocycles. The molecule has 0 unspecified atom stereocenters. The van der Waals surface area contributed by atoms with E-state index < -0.39 is 0 Å². The van der Waals surface area contributed by atoms with Gasteiger partial charge in [0.2, 0.25) is 5.88 Å². The molecule has 2 aromatic heterocycles. The van der Waals surface area contributed by atoms with Gasteiger partial charge in [0.25, 0.3) is 5.56 Å². The maximum Gasteiger partial charge on any atom is 0.258 e. The van der Waals surface area contributed by atoms with Crippen molar-refractivity contribution in [3.63, 3.8) is 0 Å². The number of hydrogen-bond donors (Lipinski definition) is 2. The lowest BCUT2D eigenvalue weighted by Crippen LogP contribution is -2.16. The number of aryl methyl sites for hydroxylation is 2. The van der Waals surface area contributed by atoms with Crippen LogP contribution in [0.3, 0.4) is 0 Å². The number of H-pyrrole nitrogens is 1. The summed E-state index contributed by atoms with van der Waals surface area (Å²) >= 11 is 0. The fraction of sp³-hybridized carbons (Fsp3) is 0.462. The van der Waals surface area contributed by atoms with Crippen LogP contribution in [0, 0.1) is 13.8 Å². The summed E-state index contributed by atoms with van der Waals surface area (Å²) in [5, 5.41) is 14.2. The number of aromatic hydroxyl groups is 1. The summed E-state index contributed by atoms with van der Waals surface area (Å²) in [4.78, 5) is 18.9. The van der Waals surface area contributed by atoms with Crippen molar-refractivity contribution >= 4 is 0 Å². The van der Waals surface area contributed by atoms with Crippen molar-refractivity contribution in [2.24, 2.45) is 7.05 Å². The Labute approximate surface area is 111 Å². The summed E-state index contributed by atoms with van der Waals surface area (Å²) < 4.78 is 1.72. The van der Waals surface area contributed by atoms with E-state index in [1.54, 1.807) is 4.68 Å². The molecular formula is C13H18N4O2. The van der Waals surface area contributed by atoms with Gasteiger partial charge in [-0.25, -0.2) is 0 Å². The van der Waals surface area contributed by atoms with Crippen LogP contribution >= 0.6 is 0 Å². The minimum Gasteiger partial charge on any atom is -0.493 e. The molecule has 0 aromatic carbocycles. The maximum atomic E-state index is 12.0. The van der Waals surface area contributed by atoms with Crippen molar-refractivity contribution in [1.29, 1.82) is 0 Å². The van der Waals surface area contributed by atoms with E-state index in [1.807, 2.05) is 34.7 Å². The van der Waals surface area contributed by atoms with Crippen molar-refractivity contribution in [3.8, 4) is 17.3 Å². The molecule has 2 rings (SSSR count). The van der Waals surface area contributed by atoms with Crippen LogP contribution in [0.5, 0.6) is 5.88 Å². The van der Waals surface area contributed by atoms with Gasteiger partial charge in [-0.3, -0.25) is 9.48 Å². The van der Waals surface area contributed by atoms with Crippen LogP contribution in [0.15, 0.2) is 4.79 Å². The van der Waals surface area contributed by atoms with Gasteiger partial charge < -0.3 is 10.1 Å². The Hall–Kier alpha value is -2.11. The molecule has 19 heavy (non-hydrogen) atoms. The smallest absolute Gasteiger partial charge is 0.258 e. The van der Waals surface area contributed by atoms with Crippen molar-refractivity contribution in [3.05, 3.63) is 27.3 Å². The number of aromatic amines is 1. The first-order valence-corrected chi connectivity index (χ1v) is 6.16. The normalized spacial score (nSPS) is 11.3. The van der Waals surface area contributed by atoms with E-state index in [-0.39, 0.29) is 17.4 Å². The fourth-order valence-electron chi connectivity index (χ4n) is 2.23. The lowest BCUT2D eigenvalue weighted by molar-refractivity contribution is 0.440. The Morgan fingerprint density at radius 2 is 1.95 bits per heavy atom. The number of nitrogens with zero attached hydrogens (tertiary/aromatic N) is 3. The van der Waals surface area contributed by atoms with E-state index >= 15 is 0 Å². The van der Waals surface area contributed by atoms with Gasteiger partial charge in [-0.15, -0.1) is 0 Å². The zero-order valence-corrected chi connectivity index (χ0v) is 11.8. The molecule has 0 amide bonds. The molecule has 0 bridgehead atoms. The molecule has 0 fully saturated rings. The van der Waals surface area contributed by atoms with Gasteiger partial charge in [0.15, 0.2) is 0 Å². The maximum absolute atomic E-state index is 12.0. The summed E-state index contributed by atoms with van der Waals surface area (Å²) in [6, 6.07) is 0. The van der Waals surface area contributed by atoms with E-state index in [1.165, 1.54) is 0 Å². The van der Waals surface area contributed by atoms with Gasteiger partial charge in [-0.1, -0.05) is 13.8 Å². The quantitative estimate of drug-likeness (QED) is 0.861. The molecule has 0 radical (unpaired) electrons. The molecule has 2 heterocycles. The topological polar surface area (TPSA) is 83.8 Å². The summed E-state index contributed by atoms with van der Waals surface area (Å²) in [5.41, 5.74) is 2.41. The first-order valence-electron chi connectivity index (χ1n) is 6.16. The molecule has 0 spiro atoms.